The van der Waals surface area contributed by atoms with Crippen LogP contribution < -0.4 is 5.32 Å². The summed E-state index contributed by atoms with van der Waals surface area (Å²) >= 11 is 0. The van der Waals surface area contributed by atoms with Crippen molar-refractivity contribution in [2.75, 3.05) is 18.4 Å². The van der Waals surface area contributed by atoms with Crippen molar-refractivity contribution in [3.8, 4) is 0 Å². The number of rotatable bonds is 3. The van der Waals surface area contributed by atoms with E-state index in [2.05, 4.69) is 20.4 Å². The van der Waals surface area contributed by atoms with Gasteiger partial charge in [-0.2, -0.15) is 5.10 Å². The van der Waals surface area contributed by atoms with Gasteiger partial charge in [0.25, 0.3) is 0 Å². The summed E-state index contributed by atoms with van der Waals surface area (Å²) in [5, 5.41) is 7.45. The van der Waals surface area contributed by atoms with Crippen LogP contribution in [0.2, 0.25) is 0 Å². The fraction of sp³-hybridized carbons (Fsp3) is 0.556. The van der Waals surface area contributed by atoms with Crippen LogP contribution >= 0.6 is 0 Å². The van der Waals surface area contributed by atoms with Crippen molar-refractivity contribution in [2.24, 2.45) is 0 Å². The molecule has 1 unspecified atom stereocenters. The minimum atomic E-state index is -0.0667. The molecule has 7 heteroatoms. The third-order valence-electron chi connectivity index (χ3n) is 4.93. The topological polar surface area (TPSA) is 75.9 Å². The van der Waals surface area contributed by atoms with Crippen molar-refractivity contribution < 1.29 is 4.79 Å². The number of carbonyl (C=O) groups is 1. The van der Waals surface area contributed by atoms with E-state index in [9.17, 15) is 4.79 Å². The van der Waals surface area contributed by atoms with Crippen molar-refractivity contribution in [2.45, 2.75) is 51.5 Å². The Balaban J connectivity index is 1.46. The monoisotopic (exact) mass is 340 g/mol. The van der Waals surface area contributed by atoms with E-state index in [1.165, 1.54) is 0 Å². The van der Waals surface area contributed by atoms with Crippen LogP contribution in [0.1, 0.15) is 54.7 Å². The van der Waals surface area contributed by atoms with Crippen LogP contribution in [0.4, 0.5) is 10.5 Å². The van der Waals surface area contributed by atoms with E-state index in [4.69, 9.17) is 0 Å². The summed E-state index contributed by atoms with van der Waals surface area (Å²) in [7, 11) is 0. The first-order valence-electron chi connectivity index (χ1n) is 9.00. The van der Waals surface area contributed by atoms with Crippen LogP contribution in [0, 0.1) is 13.8 Å². The molecule has 4 rings (SSSR count). The van der Waals surface area contributed by atoms with E-state index in [1.807, 2.05) is 35.8 Å². The van der Waals surface area contributed by atoms with Crippen LogP contribution in [0.3, 0.4) is 0 Å². The highest BCUT2D eigenvalue weighted by molar-refractivity contribution is 5.90. The van der Waals surface area contributed by atoms with Gasteiger partial charge in [0.2, 0.25) is 0 Å². The Labute approximate surface area is 147 Å². The van der Waals surface area contributed by atoms with Gasteiger partial charge in [-0.25, -0.2) is 14.8 Å². The first-order chi connectivity index (χ1) is 12.1. The maximum Gasteiger partial charge on any atom is 0.322 e. The fourth-order valence-electron chi connectivity index (χ4n) is 3.43. The Bertz CT molecular complexity index is 782. The predicted molar refractivity (Wildman–Crippen MR) is 94.6 cm³/mol. The largest absolute Gasteiger partial charge is 0.322 e. The molecule has 0 aromatic carbocycles. The highest BCUT2D eigenvalue weighted by Gasteiger charge is 2.30. The lowest BCUT2D eigenvalue weighted by molar-refractivity contribution is 0.174. The number of urea groups is 1. The van der Waals surface area contributed by atoms with Crippen LogP contribution in [0.25, 0.3) is 0 Å². The summed E-state index contributed by atoms with van der Waals surface area (Å²) in [4.78, 5) is 23.4. The second kappa shape index (κ2) is 6.46. The number of aromatic nitrogens is 4. The lowest BCUT2D eigenvalue weighted by Crippen LogP contribution is -2.43. The Morgan fingerprint density at radius 1 is 1.24 bits per heavy atom. The number of anilines is 1. The molecular weight excluding hydrogens is 316 g/mol. The molecule has 2 aromatic rings. The Morgan fingerprint density at radius 2 is 2.08 bits per heavy atom. The SMILES string of the molecule is Cc1cnn(C2CCCN(C(=O)Nc3cnc(C)nc3C3CC3)C2)c1. The van der Waals surface area contributed by atoms with Gasteiger partial charge in [-0.15, -0.1) is 0 Å². The molecule has 25 heavy (non-hydrogen) atoms. The van der Waals surface area contributed by atoms with Gasteiger partial charge in [0.15, 0.2) is 0 Å². The maximum absolute atomic E-state index is 12.8. The van der Waals surface area contributed by atoms with Gasteiger partial charge in [0.1, 0.15) is 5.82 Å². The number of likely N-dealkylation sites (tertiary alicyclic amines) is 1. The standard InChI is InChI=1S/C18H24N6O/c1-12-8-20-24(10-12)15-4-3-7-23(11-15)18(25)22-16-9-19-13(2)21-17(16)14-5-6-14/h8-10,14-15H,3-7,11H2,1-2H3,(H,22,25). The van der Waals surface area contributed by atoms with Gasteiger partial charge in [0.05, 0.1) is 29.8 Å². The summed E-state index contributed by atoms with van der Waals surface area (Å²) in [5.74, 6) is 1.23. The molecule has 1 aliphatic heterocycles. The van der Waals surface area contributed by atoms with Crippen molar-refractivity contribution in [1.82, 2.24) is 24.6 Å². The number of hydrogen-bond acceptors (Lipinski definition) is 4. The molecule has 1 aliphatic carbocycles. The smallest absolute Gasteiger partial charge is 0.322 e. The molecule has 0 bridgehead atoms. The van der Waals surface area contributed by atoms with Crippen molar-refractivity contribution in [3.05, 3.63) is 35.7 Å². The molecule has 1 N–H and O–H groups in total. The number of aryl methyl sites for hydroxylation is 2. The van der Waals surface area contributed by atoms with E-state index in [0.29, 0.717) is 12.5 Å². The van der Waals surface area contributed by atoms with Gasteiger partial charge >= 0.3 is 6.03 Å². The zero-order valence-electron chi connectivity index (χ0n) is 14.8. The Hall–Kier alpha value is -2.44. The van der Waals surface area contributed by atoms with E-state index in [1.54, 1.807) is 6.20 Å². The van der Waals surface area contributed by atoms with Gasteiger partial charge in [-0.1, -0.05) is 0 Å². The molecule has 7 nitrogen and oxygen atoms in total. The average molecular weight is 340 g/mol. The van der Waals surface area contributed by atoms with Crippen LogP contribution in [0.15, 0.2) is 18.6 Å². The number of nitrogens with zero attached hydrogens (tertiary/aromatic N) is 5. The summed E-state index contributed by atoms with van der Waals surface area (Å²) in [6.45, 7) is 5.37. The zero-order valence-corrected chi connectivity index (χ0v) is 14.8. The second-order valence-corrected chi connectivity index (χ2v) is 7.16. The van der Waals surface area contributed by atoms with Crippen molar-refractivity contribution in [1.29, 1.82) is 0 Å². The lowest BCUT2D eigenvalue weighted by Gasteiger charge is -2.33. The molecular formula is C18H24N6O. The summed E-state index contributed by atoms with van der Waals surface area (Å²) in [5.41, 5.74) is 2.89. The lowest BCUT2D eigenvalue weighted by atomic mass is 10.1. The molecule has 1 saturated carbocycles. The molecule has 0 radical (unpaired) electrons. The molecule has 2 aliphatic rings. The predicted octanol–water partition coefficient (Wildman–Crippen LogP) is 3.04. The zero-order chi connectivity index (χ0) is 17.4. The quantitative estimate of drug-likeness (QED) is 0.932. The van der Waals surface area contributed by atoms with E-state index in [-0.39, 0.29) is 12.1 Å². The summed E-state index contributed by atoms with van der Waals surface area (Å²) < 4.78 is 1.99. The minimum absolute atomic E-state index is 0.0667. The molecule has 2 aromatic heterocycles. The van der Waals surface area contributed by atoms with Crippen LogP contribution in [0.5, 0.6) is 0 Å². The molecule has 0 spiro atoms. The summed E-state index contributed by atoms with van der Waals surface area (Å²) in [6, 6.07) is 0.174. The summed E-state index contributed by atoms with van der Waals surface area (Å²) in [6.07, 6.45) is 9.97. The van der Waals surface area contributed by atoms with Gasteiger partial charge in [0, 0.05) is 25.2 Å². The fourth-order valence-corrected chi connectivity index (χ4v) is 3.43. The molecule has 3 heterocycles. The Morgan fingerprint density at radius 3 is 2.80 bits per heavy atom. The van der Waals surface area contributed by atoms with Gasteiger partial charge < -0.3 is 10.2 Å². The number of amides is 2. The molecule has 132 valence electrons. The molecule has 1 saturated heterocycles. The average Bonchev–Trinajstić information content (AvgIpc) is 3.37. The van der Waals surface area contributed by atoms with Crippen LogP contribution in [-0.4, -0.2) is 43.8 Å². The van der Waals surface area contributed by atoms with E-state index < -0.39 is 0 Å². The van der Waals surface area contributed by atoms with Gasteiger partial charge in [-0.05, 0) is 45.1 Å². The first-order valence-corrected chi connectivity index (χ1v) is 9.00. The highest BCUT2D eigenvalue weighted by Crippen LogP contribution is 2.42. The van der Waals surface area contributed by atoms with Crippen molar-refractivity contribution in [3.63, 3.8) is 0 Å². The number of carbonyl (C=O) groups excluding carboxylic acids is 1. The number of piperidine rings is 1. The molecule has 2 amide bonds. The van der Waals surface area contributed by atoms with Gasteiger partial charge in [-0.3, -0.25) is 4.68 Å². The molecule has 2 fully saturated rings. The minimum Gasteiger partial charge on any atom is -0.322 e. The number of nitrogens with one attached hydrogen (secondary N) is 1. The maximum atomic E-state index is 12.8. The van der Waals surface area contributed by atoms with E-state index >= 15 is 0 Å². The highest BCUT2D eigenvalue weighted by atomic mass is 16.2. The molecule has 1 atom stereocenters. The number of hydrogen-bond donors (Lipinski definition) is 1. The first kappa shape index (κ1) is 16.1. The van der Waals surface area contributed by atoms with E-state index in [0.717, 1.165) is 55.0 Å². The third-order valence-corrected chi connectivity index (χ3v) is 4.93. The third kappa shape index (κ3) is 3.50. The second-order valence-electron chi connectivity index (χ2n) is 7.16. The van der Waals surface area contributed by atoms with Crippen molar-refractivity contribution >= 4 is 11.7 Å². The van der Waals surface area contributed by atoms with Crippen LogP contribution in [-0.2, 0) is 0 Å². The Kier molecular flexibility index (Phi) is 4.15. The normalized spacial score (nSPS) is 20.6.